The van der Waals surface area contributed by atoms with Crippen LogP contribution in [-0.2, 0) is 0 Å². The van der Waals surface area contributed by atoms with E-state index in [-0.39, 0.29) is 5.54 Å². The lowest BCUT2D eigenvalue weighted by Crippen LogP contribution is -2.27. The number of benzene rings is 1. The minimum absolute atomic E-state index is 0.0793. The van der Waals surface area contributed by atoms with Crippen molar-refractivity contribution in [1.82, 2.24) is 9.38 Å². The minimum Gasteiger partial charge on any atom is -0.496 e. The summed E-state index contributed by atoms with van der Waals surface area (Å²) in [5.41, 5.74) is 5.14. The average Bonchev–Trinajstić information content (AvgIpc) is 2.83. The van der Waals surface area contributed by atoms with Gasteiger partial charge in [-0.2, -0.15) is 0 Å². The number of methoxy groups -OCH3 is 1. The third kappa shape index (κ3) is 2.96. The molecular weight excluding hydrogens is 298 g/mol. The molecule has 4 nitrogen and oxygen atoms in total. The molecule has 0 atom stereocenters. The highest BCUT2D eigenvalue weighted by Crippen LogP contribution is 2.36. The van der Waals surface area contributed by atoms with Crippen LogP contribution in [0.4, 0.5) is 5.82 Å². The van der Waals surface area contributed by atoms with Crippen LogP contribution in [0.5, 0.6) is 5.75 Å². The Bertz CT molecular complexity index is 888. The molecule has 126 valence electrons. The first-order chi connectivity index (χ1) is 11.3. The molecule has 0 bridgehead atoms. The predicted molar refractivity (Wildman–Crippen MR) is 100 cm³/mol. The van der Waals surface area contributed by atoms with Crippen molar-refractivity contribution in [2.24, 2.45) is 0 Å². The number of aromatic nitrogens is 2. The number of hydrogen-bond donors (Lipinski definition) is 1. The van der Waals surface area contributed by atoms with Crippen LogP contribution in [0.15, 0.2) is 36.4 Å². The molecule has 0 saturated carbocycles. The molecule has 3 rings (SSSR count). The number of aryl methyl sites for hydroxylation is 2. The number of ether oxygens (including phenoxy) is 1. The Hall–Kier alpha value is -2.49. The van der Waals surface area contributed by atoms with Crippen molar-refractivity contribution in [2.45, 2.75) is 40.2 Å². The first kappa shape index (κ1) is 16.4. The topological polar surface area (TPSA) is 38.6 Å². The number of pyridine rings is 1. The van der Waals surface area contributed by atoms with E-state index in [1.54, 1.807) is 7.11 Å². The van der Waals surface area contributed by atoms with E-state index in [0.717, 1.165) is 34.2 Å². The fourth-order valence-electron chi connectivity index (χ4n) is 3.03. The summed E-state index contributed by atoms with van der Waals surface area (Å²) in [5, 5.41) is 3.63. The molecule has 0 saturated heterocycles. The second kappa shape index (κ2) is 5.86. The molecule has 24 heavy (non-hydrogen) atoms. The van der Waals surface area contributed by atoms with Gasteiger partial charge in [0.25, 0.3) is 0 Å². The normalized spacial score (nSPS) is 11.8. The standard InChI is InChI=1S/C20H25N3O/c1-13-11-14(2)23-17(12-13)21-18(19(23)22-20(3,4)5)15-9-7-8-10-16(15)24-6/h7-12,22H,1-6H3. The number of hydrogen-bond acceptors (Lipinski definition) is 3. The SMILES string of the molecule is COc1ccccc1-c1nc2cc(C)cc(C)n2c1NC(C)(C)C. The van der Waals surface area contributed by atoms with E-state index in [9.17, 15) is 0 Å². The lowest BCUT2D eigenvalue weighted by Gasteiger charge is -2.23. The maximum Gasteiger partial charge on any atom is 0.139 e. The quantitative estimate of drug-likeness (QED) is 0.750. The van der Waals surface area contributed by atoms with Gasteiger partial charge in [-0.25, -0.2) is 4.98 Å². The van der Waals surface area contributed by atoms with E-state index in [0.29, 0.717) is 0 Å². The Kier molecular flexibility index (Phi) is 3.99. The zero-order chi connectivity index (χ0) is 17.5. The van der Waals surface area contributed by atoms with E-state index in [1.165, 1.54) is 5.56 Å². The lowest BCUT2D eigenvalue weighted by molar-refractivity contribution is 0.416. The summed E-state index contributed by atoms with van der Waals surface area (Å²) in [7, 11) is 1.70. The van der Waals surface area contributed by atoms with Crippen molar-refractivity contribution in [3.8, 4) is 17.0 Å². The summed E-state index contributed by atoms with van der Waals surface area (Å²) < 4.78 is 7.74. The molecule has 0 fully saturated rings. The number of rotatable bonds is 3. The molecule has 3 aromatic rings. The summed E-state index contributed by atoms with van der Waals surface area (Å²) in [6.45, 7) is 10.7. The van der Waals surface area contributed by atoms with Gasteiger partial charge in [-0.3, -0.25) is 4.40 Å². The summed E-state index contributed by atoms with van der Waals surface area (Å²) in [6, 6.07) is 12.3. The van der Waals surface area contributed by atoms with E-state index in [4.69, 9.17) is 9.72 Å². The molecule has 2 heterocycles. The van der Waals surface area contributed by atoms with Gasteiger partial charge in [-0.1, -0.05) is 12.1 Å². The van der Waals surface area contributed by atoms with E-state index in [1.807, 2.05) is 18.2 Å². The molecule has 0 radical (unpaired) electrons. The Morgan fingerprint density at radius 3 is 2.46 bits per heavy atom. The predicted octanol–water partition coefficient (Wildman–Crippen LogP) is 4.84. The Balaban J connectivity index is 2.34. The second-order valence-electron chi connectivity index (χ2n) is 7.25. The minimum atomic E-state index is -0.0793. The van der Waals surface area contributed by atoms with Crippen LogP contribution in [0.3, 0.4) is 0 Å². The number of anilines is 1. The molecule has 0 amide bonds. The number of fused-ring (bicyclic) bond motifs is 1. The van der Waals surface area contributed by atoms with Gasteiger partial charge in [0, 0.05) is 16.8 Å². The van der Waals surface area contributed by atoms with Gasteiger partial charge >= 0.3 is 0 Å². The zero-order valence-corrected chi connectivity index (χ0v) is 15.3. The monoisotopic (exact) mass is 323 g/mol. The largest absolute Gasteiger partial charge is 0.496 e. The Labute approximate surface area is 143 Å². The zero-order valence-electron chi connectivity index (χ0n) is 15.3. The molecule has 0 aliphatic carbocycles. The first-order valence-electron chi connectivity index (χ1n) is 8.21. The molecule has 0 unspecified atom stereocenters. The molecular formula is C20H25N3O. The molecule has 0 spiro atoms. The summed E-state index contributed by atoms with van der Waals surface area (Å²) >= 11 is 0. The van der Waals surface area contributed by atoms with Gasteiger partial charge < -0.3 is 10.1 Å². The molecule has 0 aliphatic rings. The van der Waals surface area contributed by atoms with Crippen molar-refractivity contribution in [1.29, 1.82) is 0 Å². The summed E-state index contributed by atoms with van der Waals surface area (Å²) in [6.07, 6.45) is 0. The van der Waals surface area contributed by atoms with E-state index < -0.39 is 0 Å². The van der Waals surface area contributed by atoms with Gasteiger partial charge in [-0.15, -0.1) is 0 Å². The van der Waals surface area contributed by atoms with Crippen molar-refractivity contribution in [3.05, 3.63) is 47.7 Å². The van der Waals surface area contributed by atoms with Crippen LogP contribution >= 0.6 is 0 Å². The number of nitrogens with zero attached hydrogens (tertiary/aromatic N) is 2. The number of nitrogens with one attached hydrogen (secondary N) is 1. The van der Waals surface area contributed by atoms with Crippen molar-refractivity contribution in [3.63, 3.8) is 0 Å². The highest BCUT2D eigenvalue weighted by Gasteiger charge is 2.22. The van der Waals surface area contributed by atoms with E-state index >= 15 is 0 Å². The molecule has 0 aliphatic heterocycles. The van der Waals surface area contributed by atoms with Gasteiger partial charge in [0.05, 0.1) is 7.11 Å². The highest BCUT2D eigenvalue weighted by molar-refractivity contribution is 5.81. The van der Waals surface area contributed by atoms with Crippen LogP contribution < -0.4 is 10.1 Å². The van der Waals surface area contributed by atoms with Gasteiger partial charge in [0.2, 0.25) is 0 Å². The summed E-state index contributed by atoms with van der Waals surface area (Å²) in [4.78, 5) is 4.92. The van der Waals surface area contributed by atoms with Crippen molar-refractivity contribution >= 4 is 11.5 Å². The smallest absolute Gasteiger partial charge is 0.139 e. The lowest BCUT2D eigenvalue weighted by atomic mass is 10.1. The van der Waals surface area contributed by atoms with Crippen molar-refractivity contribution in [2.75, 3.05) is 12.4 Å². The first-order valence-corrected chi connectivity index (χ1v) is 8.21. The number of imidazole rings is 1. The number of para-hydroxylation sites is 1. The van der Waals surface area contributed by atoms with E-state index in [2.05, 4.69) is 62.5 Å². The molecule has 4 heteroatoms. The van der Waals surface area contributed by atoms with Crippen LogP contribution in [-0.4, -0.2) is 22.0 Å². The second-order valence-corrected chi connectivity index (χ2v) is 7.25. The van der Waals surface area contributed by atoms with Crippen molar-refractivity contribution < 1.29 is 4.74 Å². The van der Waals surface area contributed by atoms with Crippen LogP contribution in [0.2, 0.25) is 0 Å². The van der Waals surface area contributed by atoms with Gasteiger partial charge in [-0.05, 0) is 64.4 Å². The average molecular weight is 323 g/mol. The van der Waals surface area contributed by atoms with Crippen LogP contribution in [0, 0.1) is 13.8 Å². The fourth-order valence-corrected chi connectivity index (χ4v) is 3.03. The van der Waals surface area contributed by atoms with Gasteiger partial charge in [0.1, 0.15) is 22.9 Å². The molecule has 1 aromatic carbocycles. The highest BCUT2D eigenvalue weighted by atomic mass is 16.5. The maximum absolute atomic E-state index is 5.56. The summed E-state index contributed by atoms with van der Waals surface area (Å²) in [5.74, 6) is 1.83. The molecule has 2 aromatic heterocycles. The Morgan fingerprint density at radius 1 is 1.08 bits per heavy atom. The third-order valence-electron chi connectivity index (χ3n) is 3.90. The molecule has 1 N–H and O–H groups in total. The van der Waals surface area contributed by atoms with Crippen LogP contribution in [0.25, 0.3) is 16.9 Å². The maximum atomic E-state index is 5.56. The third-order valence-corrected chi connectivity index (χ3v) is 3.90. The van der Waals surface area contributed by atoms with Crippen LogP contribution in [0.1, 0.15) is 32.0 Å². The Morgan fingerprint density at radius 2 is 1.79 bits per heavy atom. The van der Waals surface area contributed by atoms with Gasteiger partial charge in [0.15, 0.2) is 0 Å². The fraction of sp³-hybridized carbons (Fsp3) is 0.350.